The number of hydrogen-bond donors (Lipinski definition) is 2. The molecule has 2 aromatic rings. The molecular weight excluding hydrogens is 378 g/mol. The summed E-state index contributed by atoms with van der Waals surface area (Å²) in [6.07, 6.45) is 0. The van der Waals surface area contributed by atoms with Gasteiger partial charge in [-0.25, -0.2) is 4.79 Å². The number of nitrogens with zero attached hydrogens (tertiary/aromatic N) is 1. The average Bonchev–Trinajstić information content (AvgIpc) is 2.68. The Kier molecular flexibility index (Phi) is 5.90. The Morgan fingerprint density at radius 2 is 1.89 bits per heavy atom. The molecule has 3 rings (SSSR count). The van der Waals surface area contributed by atoms with E-state index in [2.05, 4.69) is 10.6 Å². The van der Waals surface area contributed by atoms with Crippen LogP contribution in [0, 0.1) is 0 Å². The van der Waals surface area contributed by atoms with Gasteiger partial charge in [-0.15, -0.1) is 0 Å². The van der Waals surface area contributed by atoms with Crippen LogP contribution in [0.1, 0.15) is 25.5 Å². The molecular formula is C21H22ClN3O3. The topological polar surface area (TPSA) is 70.7 Å². The maximum atomic E-state index is 13.2. The molecule has 0 spiro atoms. The zero-order valence-electron chi connectivity index (χ0n) is 16.0. The number of ether oxygens (including phenoxy) is 1. The van der Waals surface area contributed by atoms with Gasteiger partial charge < -0.3 is 15.4 Å². The number of carbonyl (C=O) groups excluding carboxylic acids is 2. The molecule has 2 aromatic carbocycles. The number of allylic oxidation sites excluding steroid dienone is 1. The molecule has 1 atom stereocenters. The van der Waals surface area contributed by atoms with E-state index in [0.29, 0.717) is 34.3 Å². The van der Waals surface area contributed by atoms with Crippen LogP contribution >= 0.6 is 11.6 Å². The molecule has 0 saturated carbocycles. The minimum Gasteiger partial charge on any atom is -0.495 e. The molecule has 0 saturated heterocycles. The second-order valence-corrected chi connectivity index (χ2v) is 6.77. The van der Waals surface area contributed by atoms with Crippen molar-refractivity contribution in [3.05, 3.63) is 70.4 Å². The number of para-hydroxylation sites is 2. The summed E-state index contributed by atoms with van der Waals surface area (Å²) in [5.74, 6) is 0.254. The molecule has 0 aromatic heterocycles. The van der Waals surface area contributed by atoms with Crippen molar-refractivity contribution in [1.29, 1.82) is 0 Å². The summed E-state index contributed by atoms with van der Waals surface area (Å²) >= 11 is 5.99. The number of hydrogen-bond acceptors (Lipinski definition) is 3. The van der Waals surface area contributed by atoms with E-state index in [1.807, 2.05) is 19.1 Å². The van der Waals surface area contributed by atoms with Crippen LogP contribution in [-0.2, 0) is 4.79 Å². The molecule has 0 fully saturated rings. The predicted molar refractivity (Wildman–Crippen MR) is 109 cm³/mol. The Labute approximate surface area is 169 Å². The smallest absolute Gasteiger partial charge is 0.322 e. The SMILES string of the molecule is CCN1C(=O)N[C@H](c2ccc(Cl)cc2)C(C(=O)Nc2ccccc2OC)=C1C. The van der Waals surface area contributed by atoms with Gasteiger partial charge >= 0.3 is 6.03 Å². The average molecular weight is 400 g/mol. The molecule has 0 unspecified atom stereocenters. The Bertz CT molecular complexity index is 925. The maximum Gasteiger partial charge on any atom is 0.322 e. The molecule has 0 radical (unpaired) electrons. The maximum absolute atomic E-state index is 13.2. The number of urea groups is 1. The van der Waals surface area contributed by atoms with E-state index < -0.39 is 6.04 Å². The first kappa shape index (κ1) is 19.8. The summed E-state index contributed by atoms with van der Waals surface area (Å²) in [6, 6.07) is 13.4. The number of rotatable bonds is 5. The molecule has 146 valence electrons. The number of anilines is 1. The number of amides is 3. The van der Waals surface area contributed by atoms with Gasteiger partial charge in [0.2, 0.25) is 0 Å². The lowest BCUT2D eigenvalue weighted by Gasteiger charge is -2.35. The standard InChI is InChI=1S/C21H22ClN3O3/c1-4-25-13(2)18(20(26)23-16-7-5-6-8-17(16)28-3)19(24-21(25)27)14-9-11-15(22)12-10-14/h5-12,19H,4H2,1-3H3,(H,23,26)(H,24,27)/t19-/m1/s1. The lowest BCUT2D eigenvalue weighted by atomic mass is 9.94. The van der Waals surface area contributed by atoms with E-state index in [-0.39, 0.29) is 11.9 Å². The van der Waals surface area contributed by atoms with Crippen LogP contribution in [0.3, 0.4) is 0 Å². The van der Waals surface area contributed by atoms with Crippen LogP contribution in [0.5, 0.6) is 5.75 Å². The molecule has 6 nitrogen and oxygen atoms in total. The van der Waals surface area contributed by atoms with Crippen molar-refractivity contribution in [3.63, 3.8) is 0 Å². The van der Waals surface area contributed by atoms with Gasteiger partial charge in [-0.05, 0) is 43.7 Å². The van der Waals surface area contributed by atoms with Gasteiger partial charge in [-0.3, -0.25) is 9.69 Å². The van der Waals surface area contributed by atoms with Crippen LogP contribution < -0.4 is 15.4 Å². The van der Waals surface area contributed by atoms with E-state index in [0.717, 1.165) is 5.56 Å². The highest BCUT2D eigenvalue weighted by Gasteiger charge is 2.35. The van der Waals surface area contributed by atoms with Crippen molar-refractivity contribution in [3.8, 4) is 5.75 Å². The molecule has 7 heteroatoms. The summed E-state index contributed by atoms with van der Waals surface area (Å²) in [5, 5.41) is 6.41. The van der Waals surface area contributed by atoms with Gasteiger partial charge in [-0.1, -0.05) is 35.9 Å². The summed E-state index contributed by atoms with van der Waals surface area (Å²) < 4.78 is 5.32. The highest BCUT2D eigenvalue weighted by atomic mass is 35.5. The second-order valence-electron chi connectivity index (χ2n) is 6.33. The van der Waals surface area contributed by atoms with E-state index in [1.54, 1.807) is 55.3 Å². The van der Waals surface area contributed by atoms with E-state index in [4.69, 9.17) is 16.3 Å². The molecule has 1 heterocycles. The van der Waals surface area contributed by atoms with E-state index in [1.165, 1.54) is 0 Å². The van der Waals surface area contributed by atoms with E-state index >= 15 is 0 Å². The minimum absolute atomic E-state index is 0.242. The van der Waals surface area contributed by atoms with Gasteiger partial charge in [-0.2, -0.15) is 0 Å². The van der Waals surface area contributed by atoms with Crippen molar-refractivity contribution in [2.45, 2.75) is 19.9 Å². The molecule has 0 bridgehead atoms. The first-order valence-electron chi connectivity index (χ1n) is 8.94. The monoisotopic (exact) mass is 399 g/mol. The van der Waals surface area contributed by atoms with E-state index in [9.17, 15) is 9.59 Å². The minimum atomic E-state index is -0.581. The number of nitrogens with one attached hydrogen (secondary N) is 2. The van der Waals surface area contributed by atoms with Gasteiger partial charge in [0.05, 0.1) is 24.4 Å². The van der Waals surface area contributed by atoms with Crippen molar-refractivity contribution >= 4 is 29.2 Å². The molecule has 1 aliphatic rings. The second kappa shape index (κ2) is 8.35. The molecule has 0 aliphatic carbocycles. The van der Waals surface area contributed by atoms with Crippen LogP contribution in [0.15, 0.2) is 59.8 Å². The Morgan fingerprint density at radius 1 is 1.21 bits per heavy atom. The van der Waals surface area contributed by atoms with Gasteiger partial charge in [0.1, 0.15) is 5.75 Å². The molecule has 2 N–H and O–H groups in total. The molecule has 3 amide bonds. The Morgan fingerprint density at radius 3 is 2.54 bits per heavy atom. The number of methoxy groups -OCH3 is 1. The normalized spacial score (nSPS) is 16.6. The van der Waals surface area contributed by atoms with Crippen molar-refractivity contribution in [2.24, 2.45) is 0 Å². The summed E-state index contributed by atoms with van der Waals surface area (Å²) in [5.41, 5.74) is 2.41. The van der Waals surface area contributed by atoms with Gasteiger partial charge in [0.25, 0.3) is 5.91 Å². The number of halogens is 1. The Hall–Kier alpha value is -2.99. The molecule has 1 aliphatic heterocycles. The first-order valence-corrected chi connectivity index (χ1v) is 9.32. The third-order valence-electron chi connectivity index (χ3n) is 4.72. The van der Waals surface area contributed by atoms with Crippen molar-refractivity contribution < 1.29 is 14.3 Å². The summed E-state index contributed by atoms with van der Waals surface area (Å²) in [6.45, 7) is 4.10. The Balaban J connectivity index is 2.03. The third-order valence-corrected chi connectivity index (χ3v) is 4.97. The lowest BCUT2D eigenvalue weighted by Crippen LogP contribution is -2.48. The zero-order chi connectivity index (χ0) is 20.3. The highest BCUT2D eigenvalue weighted by molar-refractivity contribution is 6.30. The van der Waals surface area contributed by atoms with Crippen LogP contribution in [0.2, 0.25) is 5.02 Å². The van der Waals surface area contributed by atoms with Crippen molar-refractivity contribution in [1.82, 2.24) is 10.2 Å². The van der Waals surface area contributed by atoms with Crippen LogP contribution in [0.25, 0.3) is 0 Å². The largest absolute Gasteiger partial charge is 0.495 e. The summed E-state index contributed by atoms with van der Waals surface area (Å²) in [4.78, 5) is 27.3. The van der Waals surface area contributed by atoms with Gasteiger partial charge in [0, 0.05) is 17.3 Å². The van der Waals surface area contributed by atoms with Crippen LogP contribution in [0.4, 0.5) is 10.5 Å². The highest BCUT2D eigenvalue weighted by Crippen LogP contribution is 2.33. The quantitative estimate of drug-likeness (QED) is 0.785. The predicted octanol–water partition coefficient (Wildman–Crippen LogP) is 4.35. The fraction of sp³-hybridized carbons (Fsp3) is 0.238. The first-order chi connectivity index (χ1) is 13.5. The fourth-order valence-corrected chi connectivity index (χ4v) is 3.43. The molecule has 28 heavy (non-hydrogen) atoms. The zero-order valence-corrected chi connectivity index (χ0v) is 16.7. The van der Waals surface area contributed by atoms with Crippen LogP contribution in [-0.4, -0.2) is 30.5 Å². The number of benzene rings is 2. The lowest BCUT2D eigenvalue weighted by molar-refractivity contribution is -0.113. The van der Waals surface area contributed by atoms with Gasteiger partial charge in [0.15, 0.2) is 0 Å². The van der Waals surface area contributed by atoms with Crippen molar-refractivity contribution in [2.75, 3.05) is 19.0 Å². The fourth-order valence-electron chi connectivity index (χ4n) is 3.30. The third kappa shape index (κ3) is 3.82. The summed E-state index contributed by atoms with van der Waals surface area (Å²) in [7, 11) is 1.55. The number of carbonyl (C=O) groups is 2.